The van der Waals surface area contributed by atoms with Gasteiger partial charge in [-0.1, -0.05) is 23.7 Å². The van der Waals surface area contributed by atoms with Gasteiger partial charge in [-0.2, -0.15) is 5.26 Å². The van der Waals surface area contributed by atoms with Crippen molar-refractivity contribution < 1.29 is 0 Å². The van der Waals surface area contributed by atoms with Gasteiger partial charge in [0.05, 0.1) is 17.3 Å². The highest BCUT2D eigenvalue weighted by Gasteiger charge is 2.05. The molecule has 0 bridgehead atoms. The van der Waals surface area contributed by atoms with E-state index in [-0.39, 0.29) is 0 Å². The maximum Gasteiger partial charge on any atom is 0.187 e. The van der Waals surface area contributed by atoms with Gasteiger partial charge in [-0.15, -0.1) is 11.3 Å². The smallest absolute Gasteiger partial charge is 0.187 e. The maximum atomic E-state index is 8.80. The third-order valence-electron chi connectivity index (χ3n) is 2.91. The maximum absolute atomic E-state index is 8.80. The highest BCUT2D eigenvalue weighted by molar-refractivity contribution is 7.14. The van der Waals surface area contributed by atoms with E-state index in [1.165, 1.54) is 11.3 Å². The lowest BCUT2D eigenvalue weighted by atomic mass is 10.1. The van der Waals surface area contributed by atoms with Crippen molar-refractivity contribution in [2.24, 2.45) is 0 Å². The molecule has 0 saturated heterocycles. The van der Waals surface area contributed by atoms with Crippen LogP contribution in [0.25, 0.3) is 11.3 Å². The van der Waals surface area contributed by atoms with E-state index in [2.05, 4.69) is 16.4 Å². The molecule has 0 saturated carbocycles. The van der Waals surface area contributed by atoms with Crippen LogP contribution in [0.15, 0.2) is 53.9 Å². The summed E-state index contributed by atoms with van der Waals surface area (Å²) in [6, 6.07) is 17.0. The molecule has 1 N–H and O–H groups in total. The summed E-state index contributed by atoms with van der Waals surface area (Å²) in [5, 5.41) is 15.6. The van der Waals surface area contributed by atoms with Crippen LogP contribution in [0, 0.1) is 11.3 Å². The Morgan fingerprint density at radius 3 is 2.43 bits per heavy atom. The molecule has 0 spiro atoms. The molecule has 0 aliphatic rings. The minimum absolute atomic E-state index is 0.647. The van der Waals surface area contributed by atoms with Crippen molar-refractivity contribution in [2.45, 2.75) is 0 Å². The summed E-state index contributed by atoms with van der Waals surface area (Å²) in [6.45, 7) is 0. The summed E-state index contributed by atoms with van der Waals surface area (Å²) in [7, 11) is 0. The second-order valence-electron chi connectivity index (χ2n) is 4.36. The zero-order valence-corrected chi connectivity index (χ0v) is 12.4. The third-order valence-corrected chi connectivity index (χ3v) is 3.92. The number of nitrogens with one attached hydrogen (secondary N) is 1. The van der Waals surface area contributed by atoms with Gasteiger partial charge in [0.25, 0.3) is 0 Å². The molecule has 0 fully saturated rings. The summed E-state index contributed by atoms with van der Waals surface area (Å²) in [5.74, 6) is 0. The van der Waals surface area contributed by atoms with E-state index in [0.29, 0.717) is 10.6 Å². The average Bonchev–Trinajstić information content (AvgIpc) is 2.98. The Morgan fingerprint density at radius 1 is 1.05 bits per heavy atom. The molecule has 3 nitrogen and oxygen atoms in total. The predicted molar refractivity (Wildman–Crippen MR) is 87.0 cm³/mol. The van der Waals surface area contributed by atoms with Crippen molar-refractivity contribution in [1.29, 1.82) is 5.26 Å². The first-order valence-electron chi connectivity index (χ1n) is 6.23. The second kappa shape index (κ2) is 5.96. The fraction of sp³-hybridized carbons (Fsp3) is 0. The molecule has 3 aromatic rings. The van der Waals surface area contributed by atoms with E-state index in [4.69, 9.17) is 16.9 Å². The van der Waals surface area contributed by atoms with Gasteiger partial charge in [-0.25, -0.2) is 4.98 Å². The van der Waals surface area contributed by atoms with Crippen LogP contribution in [0.1, 0.15) is 5.56 Å². The number of aromatic nitrogens is 1. The van der Waals surface area contributed by atoms with Crippen LogP contribution in [0.2, 0.25) is 5.02 Å². The number of benzene rings is 2. The van der Waals surface area contributed by atoms with Crippen LogP contribution in [-0.2, 0) is 0 Å². The van der Waals surface area contributed by atoms with Crippen LogP contribution in [0.3, 0.4) is 0 Å². The number of hydrogen-bond acceptors (Lipinski definition) is 4. The lowest BCUT2D eigenvalue weighted by Gasteiger charge is -2.02. The number of nitrogens with zero attached hydrogens (tertiary/aromatic N) is 2. The van der Waals surface area contributed by atoms with E-state index in [9.17, 15) is 0 Å². The number of nitriles is 1. The summed E-state index contributed by atoms with van der Waals surface area (Å²) < 4.78 is 0. The van der Waals surface area contributed by atoms with E-state index >= 15 is 0 Å². The van der Waals surface area contributed by atoms with Crippen molar-refractivity contribution in [3.05, 3.63) is 64.5 Å². The molecule has 0 unspecified atom stereocenters. The molecule has 0 aliphatic heterocycles. The lowest BCUT2D eigenvalue weighted by Crippen LogP contribution is -1.89. The van der Waals surface area contributed by atoms with Crippen molar-refractivity contribution in [3.63, 3.8) is 0 Å². The number of rotatable bonds is 3. The molecular weight excluding hydrogens is 302 g/mol. The van der Waals surface area contributed by atoms with Gasteiger partial charge in [0, 0.05) is 21.7 Å². The number of hydrogen-bond donors (Lipinski definition) is 1. The van der Waals surface area contributed by atoms with Crippen LogP contribution >= 0.6 is 22.9 Å². The Bertz CT molecular complexity index is 786. The predicted octanol–water partition coefficient (Wildman–Crippen LogP) is 5.08. The SMILES string of the molecule is N#Cc1ccc(-c2csc(Nc3ccc(Cl)cc3)n2)cc1. The Balaban J connectivity index is 1.79. The molecule has 2 aromatic carbocycles. The van der Waals surface area contributed by atoms with Crippen molar-refractivity contribution in [1.82, 2.24) is 4.98 Å². The Morgan fingerprint density at radius 2 is 1.76 bits per heavy atom. The molecule has 5 heteroatoms. The second-order valence-corrected chi connectivity index (χ2v) is 5.65. The zero-order chi connectivity index (χ0) is 14.7. The van der Waals surface area contributed by atoms with Crippen LogP contribution in [-0.4, -0.2) is 4.98 Å². The standard InChI is InChI=1S/C16H10ClN3S/c17-13-5-7-14(8-6-13)19-16-20-15(10-21-16)12-3-1-11(9-18)2-4-12/h1-8,10H,(H,19,20). The molecule has 0 radical (unpaired) electrons. The molecule has 0 amide bonds. The van der Waals surface area contributed by atoms with Gasteiger partial charge in [0.15, 0.2) is 5.13 Å². The largest absolute Gasteiger partial charge is 0.332 e. The Labute approximate surface area is 131 Å². The van der Waals surface area contributed by atoms with Crippen molar-refractivity contribution in [3.8, 4) is 17.3 Å². The van der Waals surface area contributed by atoms with Crippen LogP contribution in [0.4, 0.5) is 10.8 Å². The minimum Gasteiger partial charge on any atom is -0.332 e. The number of thiazole rings is 1. The average molecular weight is 312 g/mol. The highest BCUT2D eigenvalue weighted by atomic mass is 35.5. The van der Waals surface area contributed by atoms with Gasteiger partial charge >= 0.3 is 0 Å². The molecule has 21 heavy (non-hydrogen) atoms. The van der Waals surface area contributed by atoms with Crippen LogP contribution in [0.5, 0.6) is 0 Å². The molecule has 0 atom stereocenters. The van der Waals surface area contributed by atoms with Gasteiger partial charge in [-0.3, -0.25) is 0 Å². The monoisotopic (exact) mass is 311 g/mol. The normalized spacial score (nSPS) is 10.1. The van der Waals surface area contributed by atoms with Gasteiger partial charge in [0.1, 0.15) is 0 Å². The summed E-state index contributed by atoms with van der Waals surface area (Å²) in [4.78, 5) is 4.55. The zero-order valence-electron chi connectivity index (χ0n) is 10.9. The first-order chi connectivity index (χ1) is 10.2. The van der Waals surface area contributed by atoms with E-state index in [1.807, 2.05) is 41.8 Å². The van der Waals surface area contributed by atoms with Gasteiger partial charge < -0.3 is 5.32 Å². The van der Waals surface area contributed by atoms with Gasteiger partial charge in [0.2, 0.25) is 0 Å². The first-order valence-corrected chi connectivity index (χ1v) is 7.49. The molecule has 1 aromatic heterocycles. The summed E-state index contributed by atoms with van der Waals surface area (Å²) in [5.41, 5.74) is 3.48. The fourth-order valence-corrected chi connectivity index (χ4v) is 2.70. The van der Waals surface area contributed by atoms with E-state index in [0.717, 1.165) is 22.1 Å². The van der Waals surface area contributed by atoms with Gasteiger partial charge in [-0.05, 0) is 36.4 Å². The molecule has 1 heterocycles. The molecule has 102 valence electrons. The fourth-order valence-electron chi connectivity index (χ4n) is 1.84. The summed E-state index contributed by atoms with van der Waals surface area (Å²) >= 11 is 7.39. The minimum atomic E-state index is 0.647. The Kier molecular flexibility index (Phi) is 3.87. The van der Waals surface area contributed by atoms with Crippen molar-refractivity contribution >= 4 is 33.8 Å². The highest BCUT2D eigenvalue weighted by Crippen LogP contribution is 2.27. The van der Waals surface area contributed by atoms with Crippen molar-refractivity contribution in [2.75, 3.05) is 5.32 Å². The number of halogens is 1. The van der Waals surface area contributed by atoms with E-state index < -0.39 is 0 Å². The number of anilines is 2. The quantitative estimate of drug-likeness (QED) is 0.734. The molecular formula is C16H10ClN3S. The van der Waals surface area contributed by atoms with E-state index in [1.54, 1.807) is 12.1 Å². The first kappa shape index (κ1) is 13.6. The third kappa shape index (κ3) is 3.22. The topological polar surface area (TPSA) is 48.7 Å². The Hall–Kier alpha value is -2.35. The molecule has 3 rings (SSSR count). The summed E-state index contributed by atoms with van der Waals surface area (Å²) in [6.07, 6.45) is 0. The molecule has 0 aliphatic carbocycles. The van der Waals surface area contributed by atoms with Crippen LogP contribution < -0.4 is 5.32 Å². The lowest BCUT2D eigenvalue weighted by molar-refractivity contribution is 1.38.